The third-order valence-electron chi connectivity index (χ3n) is 2.26. The van der Waals surface area contributed by atoms with E-state index in [1.807, 2.05) is 0 Å². The van der Waals surface area contributed by atoms with Crippen molar-refractivity contribution in [2.45, 2.75) is 35.7 Å². The molecule has 0 N–H and O–H groups in total. The molecule has 0 unspecified atom stereocenters. The molecule has 0 aliphatic rings. The van der Waals surface area contributed by atoms with Crippen molar-refractivity contribution < 1.29 is 9.47 Å². The van der Waals surface area contributed by atoms with Crippen LogP contribution in [-0.2, 0) is 9.47 Å². The second-order valence-corrected chi connectivity index (χ2v) is 9.11. The quantitative estimate of drug-likeness (QED) is 0.411. The fourth-order valence-electron chi connectivity index (χ4n) is 1.18. The Morgan fingerprint density at radius 1 is 1.15 bits per heavy atom. The third kappa shape index (κ3) is 5.32. The zero-order valence-corrected chi connectivity index (χ0v) is 12.6. The lowest BCUT2D eigenvalue weighted by atomic mass is 10.1. The summed E-state index contributed by atoms with van der Waals surface area (Å²) < 4.78 is 10.6. The van der Waals surface area contributed by atoms with Gasteiger partial charge in [-0.1, -0.05) is 6.92 Å². The van der Waals surface area contributed by atoms with Gasteiger partial charge in [-0.3, -0.25) is 0 Å². The molecule has 0 aromatic carbocycles. The SMILES string of the molecule is CCC(CCC([SiH3])(S)S)(OC)OC. The lowest BCUT2D eigenvalue weighted by Crippen LogP contribution is -2.34. The summed E-state index contributed by atoms with van der Waals surface area (Å²) in [6, 6.07) is 0. The molecule has 0 bridgehead atoms. The Labute approximate surface area is 95.0 Å². The van der Waals surface area contributed by atoms with E-state index in [0.29, 0.717) is 0 Å². The molecule has 0 radical (unpaired) electrons. The zero-order chi connectivity index (χ0) is 10.5. The van der Waals surface area contributed by atoms with Crippen molar-refractivity contribution in [3.05, 3.63) is 0 Å². The number of hydrogen-bond acceptors (Lipinski definition) is 4. The number of methoxy groups -OCH3 is 2. The van der Waals surface area contributed by atoms with Gasteiger partial charge in [-0.25, -0.2) is 0 Å². The molecule has 0 aromatic rings. The van der Waals surface area contributed by atoms with Gasteiger partial charge in [0.2, 0.25) is 0 Å². The molecular formula is C8H20O2S2Si. The first-order valence-corrected chi connectivity index (χ1v) is 6.33. The first kappa shape index (κ1) is 13.8. The smallest absolute Gasteiger partial charge is 0.167 e. The molecule has 0 aromatic heterocycles. The molecule has 0 aliphatic carbocycles. The standard InChI is InChI=1S/C8H20O2S2Si/c1-4-7(9-2,10-3)5-6-8(11,12)13/h11-12H,4-6H2,1-3,13H3. The average molecular weight is 240 g/mol. The third-order valence-corrected chi connectivity index (χ3v) is 3.21. The van der Waals surface area contributed by atoms with E-state index in [9.17, 15) is 0 Å². The Hall–Kier alpha value is 0.837. The van der Waals surface area contributed by atoms with Crippen molar-refractivity contribution in [3.8, 4) is 0 Å². The Morgan fingerprint density at radius 2 is 1.62 bits per heavy atom. The van der Waals surface area contributed by atoms with Crippen molar-refractivity contribution in [2.24, 2.45) is 0 Å². The van der Waals surface area contributed by atoms with Gasteiger partial charge in [0.05, 0.1) is 0 Å². The number of rotatable bonds is 6. The maximum absolute atomic E-state index is 5.36. The van der Waals surface area contributed by atoms with Gasteiger partial charge in [0.1, 0.15) is 0 Å². The average Bonchev–Trinajstić information content (AvgIpc) is 2.06. The van der Waals surface area contributed by atoms with E-state index >= 15 is 0 Å². The van der Waals surface area contributed by atoms with Crippen LogP contribution in [0.3, 0.4) is 0 Å². The van der Waals surface area contributed by atoms with Crippen LogP contribution in [0.5, 0.6) is 0 Å². The molecule has 0 heterocycles. The van der Waals surface area contributed by atoms with E-state index in [0.717, 1.165) is 29.5 Å². The number of thiol groups is 2. The van der Waals surface area contributed by atoms with Crippen LogP contribution in [0.1, 0.15) is 26.2 Å². The predicted molar refractivity (Wildman–Crippen MR) is 66.9 cm³/mol. The van der Waals surface area contributed by atoms with E-state index in [4.69, 9.17) is 9.47 Å². The normalized spacial score (nSPS) is 13.6. The van der Waals surface area contributed by atoms with Gasteiger partial charge in [0.25, 0.3) is 0 Å². The Kier molecular flexibility index (Phi) is 6.02. The van der Waals surface area contributed by atoms with Crippen LogP contribution in [0.15, 0.2) is 0 Å². The number of hydrogen-bond donors (Lipinski definition) is 2. The lowest BCUT2D eigenvalue weighted by molar-refractivity contribution is -0.212. The summed E-state index contributed by atoms with van der Waals surface area (Å²) >= 11 is 8.80. The van der Waals surface area contributed by atoms with Gasteiger partial charge in [0, 0.05) is 34.6 Å². The summed E-state index contributed by atoms with van der Waals surface area (Å²) in [4.78, 5) is 0. The van der Waals surface area contributed by atoms with Crippen LogP contribution < -0.4 is 0 Å². The van der Waals surface area contributed by atoms with Crippen molar-refractivity contribution >= 4 is 35.5 Å². The van der Waals surface area contributed by atoms with Gasteiger partial charge < -0.3 is 9.47 Å². The van der Waals surface area contributed by atoms with Crippen molar-refractivity contribution in [2.75, 3.05) is 14.2 Å². The van der Waals surface area contributed by atoms with Gasteiger partial charge >= 0.3 is 0 Å². The maximum atomic E-state index is 5.36. The topological polar surface area (TPSA) is 18.5 Å². The highest BCUT2D eigenvalue weighted by Crippen LogP contribution is 2.29. The summed E-state index contributed by atoms with van der Waals surface area (Å²) in [5.41, 5.74) is 0. The Bertz CT molecular complexity index is 135. The first-order valence-electron chi connectivity index (χ1n) is 4.44. The zero-order valence-electron chi connectivity index (χ0n) is 8.83. The molecular weight excluding hydrogens is 220 g/mol. The van der Waals surface area contributed by atoms with Gasteiger partial charge in [-0.15, -0.1) is 0 Å². The van der Waals surface area contributed by atoms with E-state index < -0.39 is 5.79 Å². The van der Waals surface area contributed by atoms with Gasteiger partial charge in [-0.2, -0.15) is 25.3 Å². The summed E-state index contributed by atoms with van der Waals surface area (Å²) in [7, 11) is 4.31. The van der Waals surface area contributed by atoms with Crippen LogP contribution in [0.4, 0.5) is 0 Å². The minimum atomic E-state index is -0.443. The molecule has 0 rings (SSSR count). The lowest BCUT2D eigenvalue weighted by Gasteiger charge is -2.31. The minimum Gasteiger partial charge on any atom is -0.353 e. The molecule has 0 saturated heterocycles. The first-order chi connectivity index (χ1) is 5.89. The van der Waals surface area contributed by atoms with Crippen LogP contribution in [0.25, 0.3) is 0 Å². The summed E-state index contributed by atoms with van der Waals surface area (Å²) in [6.07, 6.45) is 2.59. The molecule has 5 heteroatoms. The van der Waals surface area contributed by atoms with Crippen molar-refractivity contribution in [1.82, 2.24) is 0 Å². The maximum Gasteiger partial charge on any atom is 0.167 e. The minimum absolute atomic E-state index is 0.127. The summed E-state index contributed by atoms with van der Waals surface area (Å²) in [5.74, 6) is -0.443. The molecule has 2 nitrogen and oxygen atoms in total. The predicted octanol–water partition coefficient (Wildman–Crippen LogP) is 1.04. The molecule has 0 fully saturated rings. The molecule has 0 aliphatic heterocycles. The highest BCUT2D eigenvalue weighted by molar-refractivity contribution is 8.02. The summed E-state index contributed by atoms with van der Waals surface area (Å²) in [5, 5.41) is 0. The largest absolute Gasteiger partial charge is 0.353 e. The van der Waals surface area contributed by atoms with E-state index in [2.05, 4.69) is 32.2 Å². The fourth-order valence-corrected chi connectivity index (χ4v) is 1.65. The van der Waals surface area contributed by atoms with Gasteiger partial charge in [0.15, 0.2) is 5.79 Å². The molecule has 13 heavy (non-hydrogen) atoms. The molecule has 0 atom stereocenters. The molecule has 0 spiro atoms. The van der Waals surface area contributed by atoms with Crippen LogP contribution in [0, 0.1) is 0 Å². The Balaban J connectivity index is 4.11. The van der Waals surface area contributed by atoms with Crippen LogP contribution in [-0.4, -0.2) is 34.0 Å². The highest BCUT2D eigenvalue weighted by Gasteiger charge is 2.29. The summed E-state index contributed by atoms with van der Waals surface area (Å²) in [6.45, 7) is 2.05. The molecule has 0 saturated carbocycles. The van der Waals surface area contributed by atoms with Crippen molar-refractivity contribution in [3.63, 3.8) is 0 Å². The fraction of sp³-hybridized carbons (Fsp3) is 1.00. The van der Waals surface area contributed by atoms with E-state index in [-0.39, 0.29) is 3.70 Å². The second kappa shape index (κ2) is 5.65. The van der Waals surface area contributed by atoms with Crippen LogP contribution >= 0.6 is 25.3 Å². The monoisotopic (exact) mass is 240 g/mol. The van der Waals surface area contributed by atoms with Crippen LogP contribution in [0.2, 0.25) is 0 Å². The Morgan fingerprint density at radius 3 is 1.85 bits per heavy atom. The van der Waals surface area contributed by atoms with Crippen molar-refractivity contribution in [1.29, 1.82) is 0 Å². The van der Waals surface area contributed by atoms with E-state index in [1.54, 1.807) is 14.2 Å². The second-order valence-electron chi connectivity index (χ2n) is 3.39. The number of ether oxygens (including phenoxy) is 2. The van der Waals surface area contributed by atoms with Gasteiger partial charge in [-0.05, 0) is 12.8 Å². The molecule has 80 valence electrons. The van der Waals surface area contributed by atoms with E-state index in [1.165, 1.54) is 0 Å². The molecule has 0 amide bonds. The highest BCUT2D eigenvalue weighted by atomic mass is 32.2.